The van der Waals surface area contributed by atoms with Gasteiger partial charge in [-0.25, -0.2) is 18.6 Å². The van der Waals surface area contributed by atoms with E-state index in [1.807, 2.05) is 18.2 Å². The molecule has 0 spiro atoms. The highest BCUT2D eigenvalue weighted by Crippen LogP contribution is 2.39. The Balaban J connectivity index is 1.63. The topological polar surface area (TPSA) is 88.2 Å². The largest absolute Gasteiger partial charge is 0.390 e. The van der Waals surface area contributed by atoms with Gasteiger partial charge in [0, 0.05) is 44.2 Å². The van der Waals surface area contributed by atoms with Crippen LogP contribution >= 0.6 is 11.6 Å². The van der Waals surface area contributed by atoms with E-state index in [4.69, 9.17) is 11.6 Å². The Labute approximate surface area is 207 Å². The molecule has 1 fully saturated rings. The zero-order valence-electron chi connectivity index (χ0n) is 20.5. The number of halogens is 3. The number of aryl methyl sites for hydroxylation is 2. The summed E-state index contributed by atoms with van der Waals surface area (Å²) >= 11 is 6.35. The third-order valence-corrected chi connectivity index (χ3v) is 6.95. The predicted molar refractivity (Wildman–Crippen MR) is 134 cm³/mol. The molecule has 0 bridgehead atoms. The average molecular weight is 509 g/mol. The van der Waals surface area contributed by atoms with E-state index in [-0.39, 0.29) is 23.8 Å². The lowest BCUT2D eigenvalue weighted by molar-refractivity contribution is -0.105. The van der Waals surface area contributed by atoms with Crippen LogP contribution in [0.4, 0.5) is 26.2 Å². The molecule has 0 aliphatic carbocycles. The first kappa shape index (κ1) is 25.4. The Morgan fingerprint density at radius 2 is 1.89 bits per heavy atom. The van der Waals surface area contributed by atoms with Crippen molar-refractivity contribution in [2.24, 2.45) is 18.9 Å². The number of fused-ring (bicyclic) bond motifs is 1. The van der Waals surface area contributed by atoms with Crippen molar-refractivity contribution < 1.29 is 13.9 Å². The molecule has 35 heavy (non-hydrogen) atoms. The fourth-order valence-electron chi connectivity index (χ4n) is 4.45. The summed E-state index contributed by atoms with van der Waals surface area (Å²) in [4.78, 5) is 23.3. The first-order chi connectivity index (χ1) is 16.3. The van der Waals surface area contributed by atoms with Crippen LogP contribution < -0.4 is 15.9 Å². The molecule has 1 aliphatic heterocycles. The monoisotopic (exact) mass is 508 g/mol. The summed E-state index contributed by atoms with van der Waals surface area (Å²) in [5.74, 6) is -3.73. The molecule has 190 valence electrons. The number of imidazole rings is 1. The number of piperidine rings is 1. The number of rotatable bonds is 6. The Morgan fingerprint density at radius 1 is 1.23 bits per heavy atom. The van der Waals surface area contributed by atoms with Gasteiger partial charge in [0.2, 0.25) is 5.95 Å². The molecule has 0 saturated carbocycles. The van der Waals surface area contributed by atoms with Crippen LogP contribution in [0.1, 0.15) is 34.1 Å². The number of alkyl halides is 2. The Bertz CT molecular complexity index is 1290. The summed E-state index contributed by atoms with van der Waals surface area (Å²) in [5.41, 5.74) is 1.03. The Kier molecular flexibility index (Phi) is 6.56. The second-order valence-electron chi connectivity index (χ2n) is 10.1. The predicted octanol–water partition coefficient (Wildman–Crippen LogP) is 4.42. The standard InChI is InChI=1S/C24H31ClF2N6O2/c1-14-12-32(13-15(2)24(14,26)27)21-28-11-17(25)20(30-21)29-16-6-7-18-19(10-16)33(22(34)31(18)5)9-8-23(3,4)35/h6-7,10-11,14-15,35H,8-9,12-13H2,1-5H3,(H,28,29,30)/t14-,15?/m0/s1. The van der Waals surface area contributed by atoms with Crippen LogP contribution in [0.15, 0.2) is 29.2 Å². The Hall–Kier alpha value is -2.72. The minimum atomic E-state index is -2.74. The van der Waals surface area contributed by atoms with E-state index in [2.05, 4.69) is 15.3 Å². The maximum Gasteiger partial charge on any atom is 0.328 e. The number of aliphatic hydroxyl groups is 1. The smallest absolute Gasteiger partial charge is 0.328 e. The van der Waals surface area contributed by atoms with Crippen molar-refractivity contribution in [2.75, 3.05) is 23.3 Å². The lowest BCUT2D eigenvalue weighted by Gasteiger charge is -2.41. The van der Waals surface area contributed by atoms with Gasteiger partial charge in [0.15, 0.2) is 5.82 Å². The summed E-state index contributed by atoms with van der Waals surface area (Å²) in [7, 11) is 1.70. The van der Waals surface area contributed by atoms with Crippen molar-refractivity contribution in [3.05, 3.63) is 39.9 Å². The van der Waals surface area contributed by atoms with Crippen LogP contribution in [0.2, 0.25) is 5.02 Å². The van der Waals surface area contributed by atoms with E-state index in [0.717, 1.165) is 5.52 Å². The van der Waals surface area contributed by atoms with Gasteiger partial charge in [-0.15, -0.1) is 0 Å². The van der Waals surface area contributed by atoms with E-state index in [1.165, 1.54) is 20.0 Å². The fraction of sp³-hybridized carbons (Fsp3) is 0.542. The summed E-state index contributed by atoms with van der Waals surface area (Å²) in [6.07, 6.45) is 1.87. The molecule has 0 radical (unpaired) electrons. The van der Waals surface area contributed by atoms with Gasteiger partial charge in [-0.2, -0.15) is 4.98 Å². The minimum Gasteiger partial charge on any atom is -0.390 e. The van der Waals surface area contributed by atoms with Crippen LogP contribution in [0.3, 0.4) is 0 Å². The molecule has 11 heteroatoms. The van der Waals surface area contributed by atoms with Gasteiger partial charge in [-0.1, -0.05) is 25.4 Å². The number of hydrogen-bond acceptors (Lipinski definition) is 6. The Morgan fingerprint density at radius 3 is 2.51 bits per heavy atom. The van der Waals surface area contributed by atoms with Gasteiger partial charge in [0.1, 0.15) is 5.02 Å². The molecule has 3 aromatic rings. The quantitative estimate of drug-likeness (QED) is 0.512. The molecule has 2 N–H and O–H groups in total. The summed E-state index contributed by atoms with van der Waals surface area (Å²) in [6, 6.07) is 5.46. The molecule has 0 amide bonds. The zero-order valence-corrected chi connectivity index (χ0v) is 21.3. The van der Waals surface area contributed by atoms with E-state index in [9.17, 15) is 18.7 Å². The van der Waals surface area contributed by atoms with Crippen molar-refractivity contribution in [1.82, 2.24) is 19.1 Å². The molecular formula is C24H31ClF2N6O2. The van der Waals surface area contributed by atoms with Gasteiger partial charge in [0.05, 0.1) is 22.8 Å². The second-order valence-corrected chi connectivity index (χ2v) is 10.5. The van der Waals surface area contributed by atoms with Crippen molar-refractivity contribution in [3.8, 4) is 0 Å². The van der Waals surface area contributed by atoms with Gasteiger partial charge >= 0.3 is 5.69 Å². The molecule has 1 unspecified atom stereocenters. The van der Waals surface area contributed by atoms with Crippen LogP contribution in [-0.2, 0) is 13.6 Å². The highest BCUT2D eigenvalue weighted by atomic mass is 35.5. The number of nitrogens with one attached hydrogen (secondary N) is 1. The van der Waals surface area contributed by atoms with E-state index in [0.29, 0.717) is 35.9 Å². The van der Waals surface area contributed by atoms with Gasteiger partial charge in [0.25, 0.3) is 5.92 Å². The average Bonchev–Trinajstić information content (AvgIpc) is 3.01. The molecule has 8 nitrogen and oxygen atoms in total. The second kappa shape index (κ2) is 9.05. The van der Waals surface area contributed by atoms with E-state index in [1.54, 1.807) is 34.9 Å². The first-order valence-electron chi connectivity index (χ1n) is 11.6. The van der Waals surface area contributed by atoms with Crippen molar-refractivity contribution in [2.45, 2.75) is 52.2 Å². The maximum absolute atomic E-state index is 14.3. The van der Waals surface area contributed by atoms with Crippen LogP contribution in [0, 0.1) is 11.8 Å². The molecule has 2 aromatic heterocycles. The molecule has 1 aliphatic rings. The molecule has 1 aromatic carbocycles. The van der Waals surface area contributed by atoms with E-state index < -0.39 is 23.4 Å². The number of nitrogens with zero attached hydrogens (tertiary/aromatic N) is 5. The molecule has 4 rings (SSSR count). The van der Waals surface area contributed by atoms with Crippen molar-refractivity contribution in [1.29, 1.82) is 0 Å². The van der Waals surface area contributed by atoms with Crippen LogP contribution in [0.5, 0.6) is 0 Å². The number of hydrogen-bond donors (Lipinski definition) is 2. The van der Waals surface area contributed by atoms with Gasteiger partial charge < -0.3 is 15.3 Å². The lowest BCUT2D eigenvalue weighted by Crippen LogP contribution is -2.52. The first-order valence-corrected chi connectivity index (χ1v) is 12.0. The lowest BCUT2D eigenvalue weighted by atomic mass is 9.87. The SMILES string of the molecule is CC1CN(c2ncc(Cl)c(Nc3ccc4c(c3)n(CCC(C)(C)O)c(=O)n4C)n2)C[C@H](C)C1(F)F. The van der Waals surface area contributed by atoms with Crippen molar-refractivity contribution in [3.63, 3.8) is 0 Å². The van der Waals surface area contributed by atoms with E-state index >= 15 is 0 Å². The number of aromatic nitrogens is 4. The third-order valence-electron chi connectivity index (χ3n) is 6.67. The summed E-state index contributed by atoms with van der Waals surface area (Å²) in [5, 5.41) is 13.6. The number of benzene rings is 1. The third kappa shape index (κ3) is 4.99. The zero-order chi connectivity index (χ0) is 25.7. The maximum atomic E-state index is 14.3. The fourth-order valence-corrected chi connectivity index (χ4v) is 4.59. The molecule has 3 heterocycles. The summed E-state index contributed by atoms with van der Waals surface area (Å²) in [6.45, 7) is 7.11. The normalized spacial score (nSPS) is 20.4. The molecule has 2 atom stereocenters. The van der Waals surface area contributed by atoms with Gasteiger partial charge in [-0.3, -0.25) is 9.13 Å². The highest BCUT2D eigenvalue weighted by molar-refractivity contribution is 6.32. The minimum absolute atomic E-state index is 0.141. The van der Waals surface area contributed by atoms with Crippen LogP contribution in [-0.4, -0.2) is 48.8 Å². The van der Waals surface area contributed by atoms with Crippen LogP contribution in [0.25, 0.3) is 11.0 Å². The van der Waals surface area contributed by atoms with Gasteiger partial charge in [-0.05, 0) is 38.5 Å². The summed E-state index contributed by atoms with van der Waals surface area (Å²) < 4.78 is 31.8. The molecule has 1 saturated heterocycles. The number of anilines is 3. The molecular weight excluding hydrogens is 478 g/mol. The van der Waals surface area contributed by atoms with Crippen molar-refractivity contribution >= 4 is 40.1 Å². The highest BCUT2D eigenvalue weighted by Gasteiger charge is 2.47.